The van der Waals surface area contributed by atoms with Crippen molar-refractivity contribution in [2.24, 2.45) is 5.16 Å². The van der Waals surface area contributed by atoms with Gasteiger partial charge in [0.05, 0.1) is 0 Å². The lowest BCUT2D eigenvalue weighted by atomic mass is 10.1. The van der Waals surface area contributed by atoms with E-state index >= 15 is 0 Å². The summed E-state index contributed by atoms with van der Waals surface area (Å²) in [6.45, 7) is 0.444. The molecule has 94 valence electrons. The Morgan fingerprint density at radius 3 is 2.67 bits per heavy atom. The zero-order valence-electron chi connectivity index (χ0n) is 9.84. The first-order valence-corrected chi connectivity index (χ1v) is 5.47. The number of oxime groups is 1. The van der Waals surface area contributed by atoms with Crippen LogP contribution in [0.5, 0.6) is 0 Å². The number of benzene rings is 1. The first-order chi connectivity index (χ1) is 8.72. The molecule has 1 saturated heterocycles. The molecule has 0 aliphatic carbocycles. The maximum absolute atomic E-state index is 12.0. The van der Waals surface area contributed by atoms with Crippen molar-refractivity contribution in [2.45, 2.75) is 6.04 Å². The Hall–Kier alpha value is -2.37. The van der Waals surface area contributed by atoms with E-state index in [9.17, 15) is 9.59 Å². The summed E-state index contributed by atoms with van der Waals surface area (Å²) in [4.78, 5) is 27.7. The molecule has 1 aliphatic heterocycles. The molecule has 2 amide bonds. The lowest BCUT2D eigenvalue weighted by molar-refractivity contribution is -0.131. The molecule has 1 atom stereocenters. The molecule has 0 radical (unpaired) electrons. The van der Waals surface area contributed by atoms with E-state index in [2.05, 4.69) is 20.6 Å². The van der Waals surface area contributed by atoms with Crippen LogP contribution in [0.15, 0.2) is 35.5 Å². The van der Waals surface area contributed by atoms with Crippen LogP contribution in [0.4, 0.5) is 0 Å². The fraction of sp³-hybridized carbons (Fsp3) is 0.250. The normalized spacial score (nSPS) is 18.6. The fourth-order valence-electron chi connectivity index (χ4n) is 1.54. The van der Waals surface area contributed by atoms with E-state index in [0.717, 1.165) is 0 Å². The number of β-lactam (4-membered cyclic amide) rings is 1. The smallest absolute Gasteiger partial charge is 0.274 e. The van der Waals surface area contributed by atoms with Crippen molar-refractivity contribution in [2.75, 3.05) is 13.7 Å². The largest absolute Gasteiger partial charge is 0.398 e. The highest BCUT2D eigenvalue weighted by Gasteiger charge is 2.30. The third-order valence-corrected chi connectivity index (χ3v) is 2.55. The molecule has 6 heteroatoms. The summed E-state index contributed by atoms with van der Waals surface area (Å²) < 4.78 is 0. The molecule has 1 fully saturated rings. The van der Waals surface area contributed by atoms with Gasteiger partial charge in [0.25, 0.3) is 5.91 Å². The Balaban J connectivity index is 2.13. The number of nitrogens with zero attached hydrogens (tertiary/aromatic N) is 1. The van der Waals surface area contributed by atoms with E-state index in [4.69, 9.17) is 0 Å². The SMILES string of the molecule is CON=C(C(=O)N[C@H]1CNC1=O)c1ccccc1. The maximum atomic E-state index is 12.0. The Bertz CT molecular complexity index is 485. The van der Waals surface area contributed by atoms with E-state index in [1.165, 1.54) is 7.11 Å². The zero-order valence-corrected chi connectivity index (χ0v) is 9.84. The Morgan fingerprint density at radius 1 is 1.44 bits per heavy atom. The molecule has 0 spiro atoms. The molecule has 1 aromatic rings. The van der Waals surface area contributed by atoms with Gasteiger partial charge >= 0.3 is 0 Å². The summed E-state index contributed by atoms with van der Waals surface area (Å²) >= 11 is 0. The van der Waals surface area contributed by atoms with E-state index in [1.54, 1.807) is 24.3 Å². The van der Waals surface area contributed by atoms with Gasteiger partial charge < -0.3 is 15.5 Å². The van der Waals surface area contributed by atoms with Crippen molar-refractivity contribution in [1.82, 2.24) is 10.6 Å². The number of carbonyl (C=O) groups is 2. The van der Waals surface area contributed by atoms with Crippen LogP contribution in [0, 0.1) is 0 Å². The van der Waals surface area contributed by atoms with Gasteiger partial charge in [0.15, 0.2) is 5.71 Å². The number of hydrogen-bond acceptors (Lipinski definition) is 4. The topological polar surface area (TPSA) is 79.8 Å². The molecule has 1 aromatic carbocycles. The second-order valence-electron chi connectivity index (χ2n) is 3.76. The molecule has 2 N–H and O–H groups in total. The van der Waals surface area contributed by atoms with Gasteiger partial charge in [0.2, 0.25) is 5.91 Å². The third kappa shape index (κ3) is 2.48. The molecular weight excluding hydrogens is 234 g/mol. The second kappa shape index (κ2) is 5.31. The van der Waals surface area contributed by atoms with Crippen LogP contribution in [0.2, 0.25) is 0 Å². The second-order valence-corrected chi connectivity index (χ2v) is 3.76. The van der Waals surface area contributed by atoms with Crippen LogP contribution in [0.1, 0.15) is 5.56 Å². The van der Waals surface area contributed by atoms with E-state index in [0.29, 0.717) is 12.1 Å². The lowest BCUT2D eigenvalue weighted by Gasteiger charge is -2.26. The summed E-state index contributed by atoms with van der Waals surface area (Å²) in [6, 6.07) is 8.44. The number of hydrogen-bond donors (Lipinski definition) is 2. The Kier molecular flexibility index (Phi) is 3.57. The first kappa shape index (κ1) is 12.1. The third-order valence-electron chi connectivity index (χ3n) is 2.55. The highest BCUT2D eigenvalue weighted by Crippen LogP contribution is 2.03. The van der Waals surface area contributed by atoms with E-state index < -0.39 is 11.9 Å². The van der Waals surface area contributed by atoms with Gasteiger partial charge in [-0.25, -0.2) is 0 Å². The Labute approximate surface area is 104 Å². The number of carbonyl (C=O) groups excluding carboxylic acids is 2. The highest BCUT2D eigenvalue weighted by atomic mass is 16.6. The van der Waals surface area contributed by atoms with Crippen LogP contribution in [-0.2, 0) is 14.4 Å². The summed E-state index contributed by atoms with van der Waals surface area (Å²) in [6.07, 6.45) is 0. The van der Waals surface area contributed by atoms with Crippen molar-refractivity contribution in [3.05, 3.63) is 35.9 Å². The first-order valence-electron chi connectivity index (χ1n) is 5.47. The molecule has 1 heterocycles. The average molecular weight is 247 g/mol. The number of rotatable bonds is 4. The molecule has 1 aliphatic rings. The minimum absolute atomic E-state index is 0.151. The molecule has 6 nitrogen and oxygen atoms in total. The predicted molar refractivity (Wildman–Crippen MR) is 64.9 cm³/mol. The zero-order chi connectivity index (χ0) is 13.0. The molecule has 0 bridgehead atoms. The van der Waals surface area contributed by atoms with Crippen LogP contribution in [0.25, 0.3) is 0 Å². The number of nitrogens with one attached hydrogen (secondary N) is 2. The maximum Gasteiger partial charge on any atom is 0.274 e. The van der Waals surface area contributed by atoms with Crippen molar-refractivity contribution < 1.29 is 14.4 Å². The fourth-order valence-corrected chi connectivity index (χ4v) is 1.54. The van der Waals surface area contributed by atoms with Crippen molar-refractivity contribution in [1.29, 1.82) is 0 Å². The highest BCUT2D eigenvalue weighted by molar-refractivity contribution is 6.45. The van der Waals surface area contributed by atoms with Gasteiger partial charge in [0.1, 0.15) is 13.2 Å². The predicted octanol–water partition coefficient (Wildman–Crippen LogP) is -0.348. The summed E-state index contributed by atoms with van der Waals surface area (Å²) in [5.74, 6) is -0.615. The van der Waals surface area contributed by atoms with E-state index in [1.807, 2.05) is 6.07 Å². The van der Waals surface area contributed by atoms with Crippen LogP contribution >= 0.6 is 0 Å². The van der Waals surface area contributed by atoms with Gasteiger partial charge in [0, 0.05) is 12.1 Å². The number of amides is 2. The minimum atomic E-state index is -0.483. The minimum Gasteiger partial charge on any atom is -0.398 e. The molecular formula is C12H13N3O3. The van der Waals surface area contributed by atoms with Gasteiger partial charge in [-0.3, -0.25) is 9.59 Å². The van der Waals surface area contributed by atoms with Gasteiger partial charge in [-0.05, 0) is 0 Å². The lowest BCUT2D eigenvalue weighted by Crippen LogP contribution is -2.62. The summed E-state index contributed by atoms with van der Waals surface area (Å²) in [5, 5.41) is 8.84. The Morgan fingerprint density at radius 2 is 2.17 bits per heavy atom. The van der Waals surface area contributed by atoms with Crippen molar-refractivity contribution >= 4 is 17.5 Å². The molecule has 0 saturated carbocycles. The van der Waals surface area contributed by atoms with Crippen molar-refractivity contribution in [3.8, 4) is 0 Å². The molecule has 18 heavy (non-hydrogen) atoms. The van der Waals surface area contributed by atoms with Crippen LogP contribution < -0.4 is 10.6 Å². The van der Waals surface area contributed by atoms with Gasteiger partial charge in [-0.1, -0.05) is 35.5 Å². The van der Waals surface area contributed by atoms with Gasteiger partial charge in [-0.15, -0.1) is 0 Å². The standard InChI is InChI=1S/C12H13N3O3/c1-18-15-10(8-5-3-2-4-6-8)12(17)14-9-7-13-11(9)16/h2-6,9H,7H2,1H3,(H,13,16)(H,14,17)/t9-/m0/s1. The monoisotopic (exact) mass is 247 g/mol. The average Bonchev–Trinajstić information content (AvgIpc) is 2.41. The van der Waals surface area contributed by atoms with Gasteiger partial charge in [-0.2, -0.15) is 0 Å². The summed E-state index contributed by atoms with van der Waals surface area (Å²) in [5.41, 5.74) is 0.786. The van der Waals surface area contributed by atoms with E-state index in [-0.39, 0.29) is 11.6 Å². The molecule has 0 unspecified atom stereocenters. The molecule has 2 rings (SSSR count). The van der Waals surface area contributed by atoms with Crippen molar-refractivity contribution in [3.63, 3.8) is 0 Å². The molecule has 0 aromatic heterocycles. The van der Waals surface area contributed by atoms with Crippen LogP contribution in [-0.4, -0.2) is 37.2 Å². The quantitative estimate of drug-likeness (QED) is 0.433. The summed E-state index contributed by atoms with van der Waals surface area (Å²) in [7, 11) is 1.37. The van der Waals surface area contributed by atoms with Crippen LogP contribution in [0.3, 0.4) is 0 Å².